The Labute approximate surface area is 138 Å². The number of nitrogens with zero attached hydrogens (tertiary/aromatic N) is 1. The van der Waals surface area contributed by atoms with Gasteiger partial charge in [-0.2, -0.15) is 0 Å². The molecule has 1 heterocycles. The number of para-hydroxylation sites is 2. The van der Waals surface area contributed by atoms with Gasteiger partial charge in [-0.15, -0.1) is 0 Å². The predicted octanol–water partition coefficient (Wildman–Crippen LogP) is 3.04. The van der Waals surface area contributed by atoms with Gasteiger partial charge in [0.05, 0.1) is 16.8 Å². The van der Waals surface area contributed by atoms with Gasteiger partial charge in [0.15, 0.2) is 0 Å². The van der Waals surface area contributed by atoms with Crippen molar-refractivity contribution in [3.05, 3.63) is 65.9 Å². The summed E-state index contributed by atoms with van der Waals surface area (Å²) in [4.78, 5) is 15.5. The van der Waals surface area contributed by atoms with Crippen LogP contribution in [-0.4, -0.2) is 24.5 Å². The molecule has 3 rings (SSSR count). The fraction of sp³-hybridized carbons (Fsp3) is 0.0588. The molecule has 24 heavy (non-hydrogen) atoms. The number of sulfonamides is 1. The van der Waals surface area contributed by atoms with Crippen molar-refractivity contribution in [3.8, 4) is 0 Å². The Morgan fingerprint density at radius 2 is 1.79 bits per heavy atom. The van der Waals surface area contributed by atoms with Crippen LogP contribution in [0, 0.1) is 6.92 Å². The number of nitrogens with one attached hydrogen (secondary N) is 1. The minimum Gasteiger partial charge on any atom is -0.478 e. The second kappa shape index (κ2) is 5.93. The van der Waals surface area contributed by atoms with Gasteiger partial charge in [0, 0.05) is 11.6 Å². The number of benzene rings is 2. The normalized spacial score (nSPS) is 11.4. The summed E-state index contributed by atoms with van der Waals surface area (Å²) in [6, 6.07) is 12.9. The topological polar surface area (TPSA) is 96.4 Å². The molecule has 2 aromatic carbocycles. The van der Waals surface area contributed by atoms with E-state index in [1.54, 1.807) is 43.3 Å². The number of aromatic nitrogens is 1. The summed E-state index contributed by atoms with van der Waals surface area (Å²) in [5.41, 5.74) is 0.800. The quantitative estimate of drug-likeness (QED) is 0.759. The molecule has 0 unspecified atom stereocenters. The zero-order valence-corrected chi connectivity index (χ0v) is 13.5. The molecule has 0 spiro atoms. The van der Waals surface area contributed by atoms with Crippen molar-refractivity contribution in [2.45, 2.75) is 11.8 Å². The number of fused-ring (bicyclic) bond motifs is 1. The van der Waals surface area contributed by atoms with Crippen LogP contribution in [0.1, 0.15) is 15.9 Å². The number of hydrogen-bond acceptors (Lipinski definition) is 4. The molecule has 7 heteroatoms. The molecule has 2 N–H and O–H groups in total. The van der Waals surface area contributed by atoms with Crippen LogP contribution in [0.25, 0.3) is 10.9 Å². The Morgan fingerprint density at radius 3 is 2.54 bits per heavy atom. The number of aryl methyl sites for hydroxylation is 1. The molecule has 6 nitrogen and oxygen atoms in total. The van der Waals surface area contributed by atoms with Crippen LogP contribution < -0.4 is 4.72 Å². The third-order valence-corrected chi connectivity index (χ3v) is 5.01. The van der Waals surface area contributed by atoms with E-state index in [1.807, 2.05) is 0 Å². The van der Waals surface area contributed by atoms with Gasteiger partial charge in [0.1, 0.15) is 4.90 Å². The first-order valence-electron chi connectivity index (χ1n) is 7.09. The van der Waals surface area contributed by atoms with Crippen molar-refractivity contribution in [2.75, 3.05) is 4.72 Å². The third kappa shape index (κ3) is 2.81. The molecule has 0 saturated heterocycles. The third-order valence-electron chi connectivity index (χ3n) is 3.62. The number of aromatic carboxylic acids is 1. The van der Waals surface area contributed by atoms with Crippen LogP contribution in [0.2, 0.25) is 0 Å². The molecule has 0 aliphatic rings. The Bertz CT molecular complexity index is 1040. The van der Waals surface area contributed by atoms with Crippen molar-refractivity contribution in [1.82, 2.24) is 4.98 Å². The molecule has 0 bridgehead atoms. The van der Waals surface area contributed by atoms with Crippen LogP contribution in [0.15, 0.2) is 59.6 Å². The lowest BCUT2D eigenvalue weighted by Gasteiger charge is -2.14. The van der Waals surface area contributed by atoms with E-state index in [0.29, 0.717) is 16.5 Å². The Kier molecular flexibility index (Phi) is 3.94. The number of rotatable bonds is 4. The van der Waals surface area contributed by atoms with Gasteiger partial charge in [-0.25, -0.2) is 13.2 Å². The SMILES string of the molecule is Cc1cccc(C(=O)O)c1NS(=O)(=O)c1cccc2cccnc12. The van der Waals surface area contributed by atoms with Gasteiger partial charge in [-0.3, -0.25) is 9.71 Å². The van der Waals surface area contributed by atoms with E-state index in [1.165, 1.54) is 18.3 Å². The number of carboxylic acid groups (broad SMARTS) is 1. The summed E-state index contributed by atoms with van der Waals surface area (Å²) in [6.07, 6.45) is 1.51. The number of anilines is 1. The smallest absolute Gasteiger partial charge is 0.337 e. The molecule has 0 aliphatic carbocycles. The maximum Gasteiger partial charge on any atom is 0.337 e. The Balaban J connectivity index is 2.15. The van der Waals surface area contributed by atoms with E-state index in [2.05, 4.69) is 9.71 Å². The largest absolute Gasteiger partial charge is 0.478 e. The van der Waals surface area contributed by atoms with Crippen LogP contribution in [0.5, 0.6) is 0 Å². The monoisotopic (exact) mass is 342 g/mol. The maximum atomic E-state index is 12.8. The van der Waals surface area contributed by atoms with Crippen molar-refractivity contribution in [3.63, 3.8) is 0 Å². The second-order valence-corrected chi connectivity index (χ2v) is 6.89. The lowest BCUT2D eigenvalue weighted by molar-refractivity contribution is 0.0698. The first-order valence-corrected chi connectivity index (χ1v) is 8.58. The number of carbonyl (C=O) groups is 1. The van der Waals surface area contributed by atoms with Crippen molar-refractivity contribution < 1.29 is 18.3 Å². The highest BCUT2D eigenvalue weighted by Gasteiger charge is 2.22. The maximum absolute atomic E-state index is 12.8. The fourth-order valence-electron chi connectivity index (χ4n) is 2.46. The molecular weight excluding hydrogens is 328 g/mol. The van der Waals surface area contributed by atoms with Crippen molar-refractivity contribution >= 4 is 32.6 Å². The molecule has 0 saturated carbocycles. The molecule has 1 aromatic heterocycles. The highest BCUT2D eigenvalue weighted by molar-refractivity contribution is 7.93. The minimum absolute atomic E-state index is 0.000178. The lowest BCUT2D eigenvalue weighted by Crippen LogP contribution is -2.17. The average Bonchev–Trinajstić information content (AvgIpc) is 2.55. The van der Waals surface area contributed by atoms with Crippen LogP contribution in [-0.2, 0) is 10.0 Å². The number of pyridine rings is 1. The van der Waals surface area contributed by atoms with Gasteiger partial charge in [-0.1, -0.05) is 30.3 Å². The number of hydrogen-bond donors (Lipinski definition) is 2. The van der Waals surface area contributed by atoms with Gasteiger partial charge in [0.2, 0.25) is 0 Å². The average molecular weight is 342 g/mol. The van der Waals surface area contributed by atoms with Gasteiger partial charge >= 0.3 is 5.97 Å². The predicted molar refractivity (Wildman–Crippen MR) is 90.7 cm³/mol. The van der Waals surface area contributed by atoms with E-state index >= 15 is 0 Å². The van der Waals surface area contributed by atoms with E-state index in [0.717, 1.165) is 0 Å². The van der Waals surface area contributed by atoms with Crippen LogP contribution in [0.4, 0.5) is 5.69 Å². The number of carboxylic acids is 1. The summed E-state index contributed by atoms with van der Waals surface area (Å²) < 4.78 is 28.0. The van der Waals surface area contributed by atoms with Crippen LogP contribution in [0.3, 0.4) is 0 Å². The summed E-state index contributed by atoms with van der Waals surface area (Å²) >= 11 is 0. The summed E-state index contributed by atoms with van der Waals surface area (Å²) in [5, 5.41) is 9.97. The molecule has 0 amide bonds. The first kappa shape index (κ1) is 15.9. The lowest BCUT2D eigenvalue weighted by atomic mass is 10.1. The molecule has 3 aromatic rings. The van der Waals surface area contributed by atoms with E-state index in [-0.39, 0.29) is 16.1 Å². The molecule has 0 aliphatic heterocycles. The zero-order chi connectivity index (χ0) is 17.3. The van der Waals surface area contributed by atoms with Crippen molar-refractivity contribution in [1.29, 1.82) is 0 Å². The zero-order valence-electron chi connectivity index (χ0n) is 12.7. The summed E-state index contributed by atoms with van der Waals surface area (Å²) in [5.74, 6) is -1.20. The first-order chi connectivity index (χ1) is 11.4. The molecule has 0 fully saturated rings. The van der Waals surface area contributed by atoms with E-state index in [9.17, 15) is 18.3 Å². The minimum atomic E-state index is -3.99. The van der Waals surface area contributed by atoms with Gasteiger partial charge < -0.3 is 5.11 Å². The Hall–Kier alpha value is -2.93. The van der Waals surface area contributed by atoms with Crippen molar-refractivity contribution in [2.24, 2.45) is 0 Å². The standard InChI is InChI=1S/C17H14N2O4S/c1-11-5-2-8-13(17(20)21)15(11)19-24(22,23)14-9-3-6-12-7-4-10-18-16(12)14/h2-10,19H,1H3,(H,20,21). The second-order valence-electron chi connectivity index (χ2n) is 5.24. The van der Waals surface area contributed by atoms with Crippen LogP contribution >= 0.6 is 0 Å². The highest BCUT2D eigenvalue weighted by atomic mass is 32.2. The summed E-state index contributed by atoms with van der Waals surface area (Å²) in [6.45, 7) is 1.64. The molecular formula is C17H14N2O4S. The summed E-state index contributed by atoms with van der Waals surface area (Å²) in [7, 11) is -3.99. The van der Waals surface area contributed by atoms with E-state index in [4.69, 9.17) is 0 Å². The molecule has 122 valence electrons. The molecule has 0 radical (unpaired) electrons. The van der Waals surface area contributed by atoms with E-state index < -0.39 is 16.0 Å². The van der Waals surface area contributed by atoms with Gasteiger partial charge in [0.25, 0.3) is 10.0 Å². The molecule has 0 atom stereocenters. The fourth-order valence-corrected chi connectivity index (χ4v) is 3.80. The highest BCUT2D eigenvalue weighted by Crippen LogP contribution is 2.27. The van der Waals surface area contributed by atoms with Gasteiger partial charge in [-0.05, 0) is 30.7 Å². The Morgan fingerprint density at radius 1 is 1.08 bits per heavy atom.